The van der Waals surface area contributed by atoms with E-state index in [1.165, 1.54) is 16.4 Å². The number of amides is 2. The lowest BCUT2D eigenvalue weighted by Gasteiger charge is -2.30. The number of urea groups is 1. The van der Waals surface area contributed by atoms with Gasteiger partial charge in [-0.05, 0) is 46.6 Å². The summed E-state index contributed by atoms with van der Waals surface area (Å²) in [5, 5.41) is 15.3. The van der Waals surface area contributed by atoms with Crippen LogP contribution in [0.5, 0.6) is 5.75 Å². The summed E-state index contributed by atoms with van der Waals surface area (Å²) in [7, 11) is -3.92. The van der Waals surface area contributed by atoms with E-state index in [1.807, 2.05) is 0 Å². The van der Waals surface area contributed by atoms with Gasteiger partial charge in [-0.3, -0.25) is 0 Å². The highest BCUT2D eigenvalue weighted by Gasteiger charge is 2.34. The number of hydrogen-bond donors (Lipinski definition) is 3. The number of sulfonamides is 1. The second-order valence-corrected chi connectivity index (χ2v) is 8.73. The second kappa shape index (κ2) is 7.43. The molecule has 10 heteroatoms. The molecule has 0 aliphatic carbocycles. The van der Waals surface area contributed by atoms with Gasteiger partial charge in [-0.15, -0.1) is 0 Å². The molecule has 3 N–H and O–H groups in total. The largest absolute Gasteiger partial charge is 0.504 e. The van der Waals surface area contributed by atoms with Gasteiger partial charge in [0.25, 0.3) is 0 Å². The molecule has 0 saturated carbocycles. The third-order valence-electron chi connectivity index (χ3n) is 3.87. The van der Waals surface area contributed by atoms with Gasteiger partial charge in [-0.25, -0.2) is 13.2 Å². The highest BCUT2D eigenvalue weighted by Crippen LogP contribution is 2.39. The fraction of sp³-hybridized carbons (Fsp3) is 0.188. The van der Waals surface area contributed by atoms with Crippen LogP contribution in [0.2, 0.25) is 5.02 Å². The van der Waals surface area contributed by atoms with Gasteiger partial charge in [-0.2, -0.15) is 4.31 Å². The lowest BCUT2D eigenvalue weighted by Crippen LogP contribution is -2.42. The van der Waals surface area contributed by atoms with Crippen molar-refractivity contribution in [3.05, 3.63) is 45.9 Å². The van der Waals surface area contributed by atoms with Crippen LogP contribution < -0.4 is 10.6 Å². The van der Waals surface area contributed by atoms with Crippen LogP contribution in [0.4, 0.5) is 16.2 Å². The van der Waals surface area contributed by atoms with Crippen molar-refractivity contribution >= 4 is 55.0 Å². The highest BCUT2D eigenvalue weighted by atomic mass is 79.9. The molecule has 7 nitrogen and oxygen atoms in total. The van der Waals surface area contributed by atoms with Gasteiger partial charge in [0, 0.05) is 17.6 Å². The van der Waals surface area contributed by atoms with Crippen LogP contribution in [0.25, 0.3) is 0 Å². The van der Waals surface area contributed by atoms with Crippen molar-refractivity contribution in [2.45, 2.75) is 11.3 Å². The number of rotatable bonds is 4. The number of halogens is 2. The Morgan fingerprint density at radius 1 is 1.12 bits per heavy atom. The molecule has 0 aromatic heterocycles. The number of anilines is 2. The van der Waals surface area contributed by atoms with E-state index in [4.69, 9.17) is 11.6 Å². The molecule has 138 valence electrons. The smallest absolute Gasteiger partial charge is 0.323 e. The Hall–Kier alpha value is -1.81. The molecule has 2 aromatic rings. The van der Waals surface area contributed by atoms with E-state index in [9.17, 15) is 18.3 Å². The van der Waals surface area contributed by atoms with E-state index in [1.54, 1.807) is 24.3 Å². The number of benzene rings is 2. The molecule has 1 fully saturated rings. The van der Waals surface area contributed by atoms with E-state index in [-0.39, 0.29) is 10.7 Å². The number of carbonyl (C=O) groups excluding carboxylic acids is 1. The summed E-state index contributed by atoms with van der Waals surface area (Å²) < 4.78 is 27.1. The number of para-hydroxylation sites is 1. The third kappa shape index (κ3) is 3.66. The quantitative estimate of drug-likeness (QED) is 0.604. The van der Waals surface area contributed by atoms with Crippen LogP contribution in [-0.4, -0.2) is 37.0 Å². The Kier molecular flexibility index (Phi) is 5.42. The molecule has 1 heterocycles. The van der Waals surface area contributed by atoms with Crippen LogP contribution in [0.15, 0.2) is 45.8 Å². The first-order chi connectivity index (χ1) is 12.3. The summed E-state index contributed by atoms with van der Waals surface area (Å²) in [6.07, 6.45) is 0.754. The molecule has 0 radical (unpaired) electrons. The van der Waals surface area contributed by atoms with Crippen molar-refractivity contribution in [3.8, 4) is 5.75 Å². The standard InChI is InChI=1S/C16H15BrClN3O4S/c17-10-4-1-2-5-12(10)19-16(23)20-13-7-6-11(18)15(14(13)22)26(24,25)21-8-3-9-21/h1-2,4-7,22H,3,8-9H2,(H2,19,20,23). The average molecular weight is 461 g/mol. The number of phenolic OH excluding ortho intramolecular Hbond substituents is 1. The Morgan fingerprint density at radius 3 is 2.38 bits per heavy atom. The van der Waals surface area contributed by atoms with Crippen molar-refractivity contribution in [1.82, 2.24) is 4.31 Å². The van der Waals surface area contributed by atoms with Gasteiger partial charge in [0.2, 0.25) is 10.0 Å². The number of carbonyl (C=O) groups is 1. The van der Waals surface area contributed by atoms with E-state index < -0.39 is 26.7 Å². The minimum atomic E-state index is -3.92. The Morgan fingerprint density at radius 2 is 1.77 bits per heavy atom. The summed E-state index contributed by atoms with van der Waals surface area (Å²) in [6, 6.07) is 9.01. The average Bonchev–Trinajstić information content (AvgIpc) is 2.50. The number of nitrogens with zero attached hydrogens (tertiary/aromatic N) is 1. The minimum absolute atomic E-state index is 0.0574. The molecule has 26 heavy (non-hydrogen) atoms. The number of phenols is 1. The first-order valence-electron chi connectivity index (χ1n) is 7.65. The lowest BCUT2D eigenvalue weighted by atomic mass is 10.3. The summed E-state index contributed by atoms with van der Waals surface area (Å²) >= 11 is 9.31. The number of aromatic hydroxyl groups is 1. The maximum absolute atomic E-state index is 12.6. The van der Waals surface area contributed by atoms with Crippen LogP contribution in [-0.2, 0) is 10.0 Å². The van der Waals surface area contributed by atoms with Crippen LogP contribution in [0.1, 0.15) is 6.42 Å². The normalized spacial score (nSPS) is 14.5. The second-order valence-electron chi connectivity index (χ2n) is 5.59. The molecule has 0 atom stereocenters. The van der Waals surface area contributed by atoms with Gasteiger partial charge in [0.1, 0.15) is 4.90 Å². The zero-order valence-electron chi connectivity index (χ0n) is 13.4. The monoisotopic (exact) mass is 459 g/mol. The van der Waals surface area contributed by atoms with Crippen molar-refractivity contribution in [1.29, 1.82) is 0 Å². The molecule has 0 spiro atoms. The predicted molar refractivity (Wildman–Crippen MR) is 103 cm³/mol. The maximum Gasteiger partial charge on any atom is 0.323 e. The first-order valence-corrected chi connectivity index (χ1v) is 10.3. The summed E-state index contributed by atoms with van der Waals surface area (Å²) in [4.78, 5) is 11.8. The van der Waals surface area contributed by atoms with E-state index in [0.29, 0.717) is 23.2 Å². The van der Waals surface area contributed by atoms with E-state index in [0.717, 1.165) is 6.42 Å². The first kappa shape index (κ1) is 19.0. The van der Waals surface area contributed by atoms with Crippen LogP contribution >= 0.6 is 27.5 Å². The zero-order chi connectivity index (χ0) is 18.9. The SMILES string of the molecule is O=C(Nc1ccccc1Br)Nc1ccc(Cl)c(S(=O)(=O)N2CCC2)c1O. The van der Waals surface area contributed by atoms with Gasteiger partial charge < -0.3 is 15.7 Å². The Bertz CT molecular complexity index is 964. The Balaban J connectivity index is 1.86. The van der Waals surface area contributed by atoms with Gasteiger partial charge in [0.15, 0.2) is 5.75 Å². The van der Waals surface area contributed by atoms with Crippen molar-refractivity contribution < 1.29 is 18.3 Å². The van der Waals surface area contributed by atoms with Crippen molar-refractivity contribution in [2.24, 2.45) is 0 Å². The van der Waals surface area contributed by atoms with E-state index >= 15 is 0 Å². The summed E-state index contributed by atoms with van der Waals surface area (Å²) in [6.45, 7) is 0.747. The molecule has 1 saturated heterocycles. The van der Waals surface area contributed by atoms with Gasteiger partial charge in [0.05, 0.1) is 16.4 Å². The van der Waals surface area contributed by atoms with Crippen LogP contribution in [0.3, 0.4) is 0 Å². The maximum atomic E-state index is 12.6. The third-order valence-corrected chi connectivity index (χ3v) is 6.96. The molecule has 3 rings (SSSR count). The van der Waals surface area contributed by atoms with Crippen molar-refractivity contribution in [2.75, 3.05) is 23.7 Å². The Labute approximate surface area is 164 Å². The molecule has 2 amide bonds. The highest BCUT2D eigenvalue weighted by molar-refractivity contribution is 9.10. The van der Waals surface area contributed by atoms with Crippen molar-refractivity contribution in [3.63, 3.8) is 0 Å². The molecule has 0 bridgehead atoms. The minimum Gasteiger partial charge on any atom is -0.504 e. The molecule has 0 unspecified atom stereocenters. The number of nitrogens with one attached hydrogen (secondary N) is 2. The topological polar surface area (TPSA) is 98.7 Å². The van der Waals surface area contributed by atoms with Gasteiger partial charge >= 0.3 is 6.03 Å². The molecular formula is C16H15BrClN3O4S. The molecule has 1 aliphatic heterocycles. The molecule has 2 aromatic carbocycles. The molecule has 1 aliphatic rings. The lowest BCUT2D eigenvalue weighted by molar-refractivity contribution is 0.262. The fourth-order valence-electron chi connectivity index (χ4n) is 2.39. The fourth-order valence-corrected chi connectivity index (χ4v) is 4.88. The van der Waals surface area contributed by atoms with Crippen LogP contribution in [0, 0.1) is 0 Å². The van der Waals surface area contributed by atoms with Gasteiger partial charge in [-0.1, -0.05) is 23.7 Å². The number of hydrogen-bond acceptors (Lipinski definition) is 4. The molecular weight excluding hydrogens is 446 g/mol. The van der Waals surface area contributed by atoms with E-state index in [2.05, 4.69) is 26.6 Å². The summed E-state index contributed by atoms with van der Waals surface area (Å²) in [5.74, 6) is -0.591. The predicted octanol–water partition coefficient (Wildman–Crippen LogP) is 3.85. The zero-order valence-corrected chi connectivity index (χ0v) is 16.5. The summed E-state index contributed by atoms with van der Waals surface area (Å²) in [5.41, 5.74) is 0.463.